The van der Waals surface area contributed by atoms with Gasteiger partial charge in [0.25, 0.3) is 0 Å². The van der Waals surface area contributed by atoms with Gasteiger partial charge >= 0.3 is 0 Å². The SMILES string of the molecule is CCN(C(=O)CSc1cccc(C(C)N)c1)C1CC1. The van der Waals surface area contributed by atoms with Crippen molar-refractivity contribution in [3.05, 3.63) is 29.8 Å². The number of hydrogen-bond donors (Lipinski definition) is 1. The summed E-state index contributed by atoms with van der Waals surface area (Å²) >= 11 is 1.60. The van der Waals surface area contributed by atoms with Crippen molar-refractivity contribution in [3.8, 4) is 0 Å². The molecule has 104 valence electrons. The van der Waals surface area contributed by atoms with Gasteiger partial charge in [-0.25, -0.2) is 0 Å². The molecule has 0 spiro atoms. The summed E-state index contributed by atoms with van der Waals surface area (Å²) < 4.78 is 0. The second-order valence-electron chi connectivity index (χ2n) is 5.06. The summed E-state index contributed by atoms with van der Waals surface area (Å²) in [6.45, 7) is 4.85. The van der Waals surface area contributed by atoms with Gasteiger partial charge in [0.05, 0.1) is 5.75 Å². The molecule has 0 aliphatic heterocycles. The molecular formula is C15H22N2OS. The predicted octanol–water partition coefficient (Wildman–Crippen LogP) is 2.81. The van der Waals surface area contributed by atoms with Crippen molar-refractivity contribution in [2.75, 3.05) is 12.3 Å². The molecule has 1 aliphatic rings. The minimum absolute atomic E-state index is 0.0369. The molecule has 1 aromatic rings. The summed E-state index contributed by atoms with van der Waals surface area (Å²) in [5.41, 5.74) is 6.99. The van der Waals surface area contributed by atoms with E-state index in [0.717, 1.165) is 17.0 Å². The maximum Gasteiger partial charge on any atom is 0.233 e. The van der Waals surface area contributed by atoms with Crippen molar-refractivity contribution in [2.24, 2.45) is 5.73 Å². The number of amides is 1. The Hall–Kier alpha value is -1.00. The summed E-state index contributed by atoms with van der Waals surface area (Å²) in [5, 5.41) is 0. The number of carbonyl (C=O) groups is 1. The first kappa shape index (κ1) is 14.4. The van der Waals surface area contributed by atoms with E-state index in [-0.39, 0.29) is 11.9 Å². The monoisotopic (exact) mass is 278 g/mol. The molecule has 3 nitrogen and oxygen atoms in total. The van der Waals surface area contributed by atoms with E-state index in [4.69, 9.17) is 5.73 Å². The van der Waals surface area contributed by atoms with Crippen molar-refractivity contribution in [1.82, 2.24) is 4.90 Å². The van der Waals surface area contributed by atoms with E-state index in [1.807, 2.05) is 30.0 Å². The second kappa shape index (κ2) is 6.44. The van der Waals surface area contributed by atoms with Crippen molar-refractivity contribution >= 4 is 17.7 Å². The zero-order chi connectivity index (χ0) is 13.8. The van der Waals surface area contributed by atoms with E-state index in [0.29, 0.717) is 11.8 Å². The molecule has 1 amide bonds. The van der Waals surface area contributed by atoms with Crippen LogP contribution in [-0.4, -0.2) is 29.1 Å². The number of carbonyl (C=O) groups excluding carboxylic acids is 1. The Balaban J connectivity index is 1.90. The maximum absolute atomic E-state index is 12.1. The van der Waals surface area contributed by atoms with Gasteiger partial charge in [0, 0.05) is 23.5 Å². The Morgan fingerprint density at radius 1 is 1.53 bits per heavy atom. The minimum atomic E-state index is 0.0369. The van der Waals surface area contributed by atoms with Gasteiger partial charge in [-0.1, -0.05) is 12.1 Å². The third-order valence-electron chi connectivity index (χ3n) is 3.39. The van der Waals surface area contributed by atoms with Crippen LogP contribution in [0.25, 0.3) is 0 Å². The fourth-order valence-electron chi connectivity index (χ4n) is 2.14. The Kier molecular flexibility index (Phi) is 4.88. The summed E-state index contributed by atoms with van der Waals surface area (Å²) in [6.07, 6.45) is 2.34. The normalized spacial score (nSPS) is 16.2. The highest BCUT2D eigenvalue weighted by molar-refractivity contribution is 8.00. The third kappa shape index (κ3) is 3.98. The van der Waals surface area contributed by atoms with Gasteiger partial charge < -0.3 is 10.6 Å². The van der Waals surface area contributed by atoms with Gasteiger partial charge in [0.1, 0.15) is 0 Å². The predicted molar refractivity (Wildman–Crippen MR) is 80.2 cm³/mol. The number of rotatable bonds is 6. The van der Waals surface area contributed by atoms with Crippen molar-refractivity contribution < 1.29 is 4.79 Å². The van der Waals surface area contributed by atoms with Crippen molar-refractivity contribution in [3.63, 3.8) is 0 Å². The molecule has 2 rings (SSSR count). The molecule has 2 N–H and O–H groups in total. The molecule has 0 saturated heterocycles. The smallest absolute Gasteiger partial charge is 0.233 e. The molecule has 1 saturated carbocycles. The number of thioether (sulfide) groups is 1. The Morgan fingerprint density at radius 2 is 2.26 bits per heavy atom. The first-order chi connectivity index (χ1) is 9.11. The van der Waals surface area contributed by atoms with Crippen LogP contribution in [0.5, 0.6) is 0 Å². The minimum Gasteiger partial charge on any atom is -0.339 e. The van der Waals surface area contributed by atoms with Crippen LogP contribution in [0.4, 0.5) is 0 Å². The molecule has 0 heterocycles. The van der Waals surface area contributed by atoms with Crippen LogP contribution in [0.1, 0.15) is 38.3 Å². The molecule has 0 radical (unpaired) electrons. The maximum atomic E-state index is 12.1. The lowest BCUT2D eigenvalue weighted by Crippen LogP contribution is -2.34. The standard InChI is InChI=1S/C15H22N2OS/c1-3-17(13-7-8-13)15(18)10-19-14-6-4-5-12(9-14)11(2)16/h4-6,9,11,13H,3,7-8,10,16H2,1-2H3. The highest BCUT2D eigenvalue weighted by atomic mass is 32.2. The van der Waals surface area contributed by atoms with Crippen molar-refractivity contribution in [1.29, 1.82) is 0 Å². The summed E-state index contributed by atoms with van der Waals surface area (Å²) in [4.78, 5) is 15.3. The average molecular weight is 278 g/mol. The largest absolute Gasteiger partial charge is 0.339 e. The van der Waals surface area contributed by atoms with Gasteiger partial charge in [-0.2, -0.15) is 0 Å². The molecule has 0 aromatic heterocycles. The highest BCUT2D eigenvalue weighted by Gasteiger charge is 2.30. The molecule has 1 atom stereocenters. The molecule has 1 unspecified atom stereocenters. The molecule has 1 fully saturated rings. The van der Waals surface area contributed by atoms with Gasteiger partial charge in [0.15, 0.2) is 0 Å². The van der Waals surface area contributed by atoms with Crippen LogP contribution in [0, 0.1) is 0 Å². The van der Waals surface area contributed by atoms with E-state index < -0.39 is 0 Å². The van der Waals surface area contributed by atoms with E-state index in [1.165, 1.54) is 12.8 Å². The van der Waals surface area contributed by atoms with E-state index >= 15 is 0 Å². The van der Waals surface area contributed by atoms with E-state index in [9.17, 15) is 4.79 Å². The van der Waals surface area contributed by atoms with Gasteiger partial charge in [-0.15, -0.1) is 11.8 Å². The van der Waals surface area contributed by atoms with Crippen LogP contribution < -0.4 is 5.73 Å². The number of benzene rings is 1. The van der Waals surface area contributed by atoms with Crippen LogP contribution in [0.3, 0.4) is 0 Å². The van der Waals surface area contributed by atoms with Gasteiger partial charge in [-0.05, 0) is 44.4 Å². The highest BCUT2D eigenvalue weighted by Crippen LogP contribution is 2.28. The zero-order valence-electron chi connectivity index (χ0n) is 11.6. The van der Waals surface area contributed by atoms with Crippen LogP contribution in [0.15, 0.2) is 29.2 Å². The zero-order valence-corrected chi connectivity index (χ0v) is 12.5. The van der Waals surface area contributed by atoms with Crippen LogP contribution in [-0.2, 0) is 4.79 Å². The van der Waals surface area contributed by atoms with Gasteiger partial charge in [-0.3, -0.25) is 4.79 Å². The molecule has 1 aromatic carbocycles. The van der Waals surface area contributed by atoms with E-state index in [2.05, 4.69) is 13.0 Å². The Labute approximate surface area is 119 Å². The fraction of sp³-hybridized carbons (Fsp3) is 0.533. The fourth-order valence-corrected chi connectivity index (χ4v) is 2.99. The molecular weight excluding hydrogens is 256 g/mol. The molecule has 1 aliphatic carbocycles. The molecule has 0 bridgehead atoms. The molecule has 19 heavy (non-hydrogen) atoms. The first-order valence-electron chi connectivity index (χ1n) is 6.89. The lowest BCUT2D eigenvalue weighted by Gasteiger charge is -2.20. The number of nitrogens with two attached hydrogens (primary N) is 1. The van der Waals surface area contributed by atoms with E-state index in [1.54, 1.807) is 11.8 Å². The van der Waals surface area contributed by atoms with Crippen LogP contribution >= 0.6 is 11.8 Å². The summed E-state index contributed by atoms with van der Waals surface area (Å²) in [5.74, 6) is 0.772. The lowest BCUT2D eigenvalue weighted by atomic mass is 10.1. The Morgan fingerprint density at radius 3 is 2.84 bits per heavy atom. The average Bonchev–Trinajstić information content (AvgIpc) is 3.22. The topological polar surface area (TPSA) is 46.3 Å². The summed E-state index contributed by atoms with van der Waals surface area (Å²) in [6, 6.07) is 8.69. The quantitative estimate of drug-likeness (QED) is 0.814. The number of hydrogen-bond acceptors (Lipinski definition) is 3. The first-order valence-corrected chi connectivity index (χ1v) is 7.88. The second-order valence-corrected chi connectivity index (χ2v) is 6.11. The van der Waals surface area contributed by atoms with Gasteiger partial charge in [0.2, 0.25) is 5.91 Å². The lowest BCUT2D eigenvalue weighted by molar-refractivity contribution is -0.128. The summed E-state index contributed by atoms with van der Waals surface area (Å²) in [7, 11) is 0. The Bertz CT molecular complexity index is 444. The van der Waals surface area contributed by atoms with Crippen LogP contribution in [0.2, 0.25) is 0 Å². The van der Waals surface area contributed by atoms with Crippen molar-refractivity contribution in [2.45, 2.75) is 43.7 Å². The molecule has 4 heteroatoms. The third-order valence-corrected chi connectivity index (χ3v) is 4.37. The number of nitrogens with zero attached hydrogens (tertiary/aromatic N) is 1.